The van der Waals surface area contributed by atoms with Crippen molar-refractivity contribution in [1.29, 1.82) is 0 Å². The fraction of sp³-hybridized carbons (Fsp3) is 0.941. The Kier molecular flexibility index (Phi) is 6.50. The molecular weight excluding hydrogens is 250 g/mol. The van der Waals surface area contributed by atoms with Crippen LogP contribution in [0.4, 0.5) is 0 Å². The summed E-state index contributed by atoms with van der Waals surface area (Å²) in [6.45, 7) is 11.2. The van der Waals surface area contributed by atoms with E-state index in [-0.39, 0.29) is 17.9 Å². The molecule has 20 heavy (non-hydrogen) atoms. The van der Waals surface area contributed by atoms with Crippen molar-refractivity contribution >= 4 is 5.97 Å². The number of carbonyl (C=O) groups is 1. The highest BCUT2D eigenvalue weighted by molar-refractivity contribution is 5.75. The molecule has 0 radical (unpaired) electrons. The molecule has 118 valence electrons. The molecule has 0 amide bonds. The average molecular weight is 283 g/mol. The van der Waals surface area contributed by atoms with Crippen molar-refractivity contribution in [1.82, 2.24) is 5.32 Å². The predicted molar refractivity (Wildman–Crippen MR) is 83.6 cm³/mol. The first-order valence-corrected chi connectivity index (χ1v) is 8.09. The standard InChI is InChI=1S/C17H33NO2/c1-12(2)15(16(19)20-6)18-14-9-7-8-13(10-11-14)17(3,4)5/h12-15,18H,7-11H2,1-6H3. The number of rotatable bonds is 4. The van der Waals surface area contributed by atoms with Gasteiger partial charge in [-0.05, 0) is 42.9 Å². The van der Waals surface area contributed by atoms with Gasteiger partial charge in [0.1, 0.15) is 6.04 Å². The number of carbonyl (C=O) groups excluding carboxylic acids is 1. The van der Waals surface area contributed by atoms with Crippen molar-refractivity contribution < 1.29 is 9.53 Å². The van der Waals surface area contributed by atoms with Gasteiger partial charge in [-0.15, -0.1) is 0 Å². The van der Waals surface area contributed by atoms with Crippen LogP contribution in [0.5, 0.6) is 0 Å². The minimum absolute atomic E-state index is 0.128. The van der Waals surface area contributed by atoms with Gasteiger partial charge in [0.05, 0.1) is 7.11 Å². The zero-order valence-electron chi connectivity index (χ0n) is 14.2. The van der Waals surface area contributed by atoms with Crippen molar-refractivity contribution in [3.63, 3.8) is 0 Å². The maximum Gasteiger partial charge on any atom is 0.323 e. The topological polar surface area (TPSA) is 38.3 Å². The molecule has 0 aromatic rings. The number of hydrogen-bond acceptors (Lipinski definition) is 3. The summed E-state index contributed by atoms with van der Waals surface area (Å²) in [4.78, 5) is 11.9. The normalized spacial score (nSPS) is 26.1. The summed E-state index contributed by atoms with van der Waals surface area (Å²) in [5, 5.41) is 3.54. The van der Waals surface area contributed by atoms with E-state index in [4.69, 9.17) is 4.74 Å². The molecule has 0 aliphatic heterocycles. The minimum atomic E-state index is -0.170. The van der Waals surface area contributed by atoms with Crippen LogP contribution in [0.25, 0.3) is 0 Å². The summed E-state index contributed by atoms with van der Waals surface area (Å²) < 4.78 is 4.92. The highest BCUT2D eigenvalue weighted by Crippen LogP contribution is 2.36. The zero-order valence-corrected chi connectivity index (χ0v) is 14.2. The molecule has 0 heterocycles. The summed E-state index contributed by atoms with van der Waals surface area (Å²) in [5.41, 5.74) is 0.398. The highest BCUT2D eigenvalue weighted by atomic mass is 16.5. The van der Waals surface area contributed by atoms with Crippen LogP contribution in [0.15, 0.2) is 0 Å². The number of esters is 1. The second-order valence-corrected chi connectivity index (χ2v) is 7.68. The molecule has 1 saturated carbocycles. The average Bonchev–Trinajstić information content (AvgIpc) is 2.59. The van der Waals surface area contributed by atoms with Crippen LogP contribution in [0.3, 0.4) is 0 Å². The molecule has 3 heteroatoms. The molecule has 0 aromatic heterocycles. The van der Waals surface area contributed by atoms with Crippen LogP contribution >= 0.6 is 0 Å². The van der Waals surface area contributed by atoms with Crippen LogP contribution in [0.1, 0.15) is 66.7 Å². The molecule has 0 spiro atoms. The molecule has 1 rings (SSSR count). The molecule has 1 aliphatic carbocycles. The van der Waals surface area contributed by atoms with E-state index < -0.39 is 0 Å². The second kappa shape index (κ2) is 7.44. The van der Waals surface area contributed by atoms with E-state index in [0.29, 0.717) is 11.5 Å². The van der Waals surface area contributed by atoms with Gasteiger partial charge in [0.25, 0.3) is 0 Å². The van der Waals surface area contributed by atoms with Crippen LogP contribution < -0.4 is 5.32 Å². The van der Waals surface area contributed by atoms with E-state index in [0.717, 1.165) is 5.92 Å². The van der Waals surface area contributed by atoms with Crippen LogP contribution in [0, 0.1) is 17.3 Å². The Morgan fingerprint density at radius 3 is 2.30 bits per heavy atom. The van der Waals surface area contributed by atoms with E-state index in [1.807, 2.05) is 0 Å². The molecule has 0 bridgehead atoms. The second-order valence-electron chi connectivity index (χ2n) is 7.68. The number of methoxy groups -OCH3 is 1. The Morgan fingerprint density at radius 1 is 1.15 bits per heavy atom. The first-order chi connectivity index (χ1) is 9.25. The summed E-state index contributed by atoms with van der Waals surface area (Å²) in [6, 6.07) is 0.282. The highest BCUT2D eigenvalue weighted by Gasteiger charge is 2.30. The third-order valence-electron chi connectivity index (χ3n) is 4.73. The molecule has 1 aliphatic rings. The molecule has 0 aromatic carbocycles. The lowest BCUT2D eigenvalue weighted by molar-refractivity contribution is -0.144. The van der Waals surface area contributed by atoms with Crippen LogP contribution in [0.2, 0.25) is 0 Å². The summed E-state index contributed by atoms with van der Waals surface area (Å²) >= 11 is 0. The SMILES string of the molecule is COC(=O)C(NC1CCCC(C(C)(C)C)CC1)C(C)C. The fourth-order valence-electron chi connectivity index (χ4n) is 3.25. The lowest BCUT2D eigenvalue weighted by Crippen LogP contribution is -2.47. The number of ether oxygens (including phenoxy) is 1. The largest absolute Gasteiger partial charge is 0.468 e. The van der Waals surface area contributed by atoms with Gasteiger partial charge in [-0.1, -0.05) is 41.0 Å². The Hall–Kier alpha value is -0.570. The van der Waals surface area contributed by atoms with Crippen LogP contribution in [-0.2, 0) is 9.53 Å². The number of hydrogen-bond donors (Lipinski definition) is 1. The van der Waals surface area contributed by atoms with E-state index in [1.165, 1.54) is 39.2 Å². The monoisotopic (exact) mass is 283 g/mol. The maximum atomic E-state index is 11.9. The summed E-state index contributed by atoms with van der Waals surface area (Å²) in [6.07, 6.45) is 6.17. The van der Waals surface area contributed by atoms with E-state index in [9.17, 15) is 4.79 Å². The summed E-state index contributed by atoms with van der Waals surface area (Å²) in [5.74, 6) is 0.936. The van der Waals surface area contributed by atoms with Gasteiger partial charge in [0.15, 0.2) is 0 Å². The smallest absolute Gasteiger partial charge is 0.323 e. The predicted octanol–water partition coefficient (Wildman–Crippen LogP) is 3.77. The maximum absolute atomic E-state index is 11.9. The Bertz CT molecular complexity index is 307. The first-order valence-electron chi connectivity index (χ1n) is 8.09. The van der Waals surface area contributed by atoms with Gasteiger partial charge in [-0.2, -0.15) is 0 Å². The zero-order chi connectivity index (χ0) is 15.3. The minimum Gasteiger partial charge on any atom is -0.468 e. The molecule has 1 N–H and O–H groups in total. The van der Waals surface area contributed by atoms with Gasteiger partial charge in [0, 0.05) is 6.04 Å². The van der Waals surface area contributed by atoms with Gasteiger partial charge in [-0.3, -0.25) is 4.79 Å². The Balaban J connectivity index is 2.58. The van der Waals surface area contributed by atoms with Crippen molar-refractivity contribution in [2.45, 2.75) is 78.8 Å². The van der Waals surface area contributed by atoms with Gasteiger partial charge >= 0.3 is 5.97 Å². The van der Waals surface area contributed by atoms with Gasteiger partial charge < -0.3 is 10.1 Å². The lowest BCUT2D eigenvalue weighted by atomic mass is 9.76. The van der Waals surface area contributed by atoms with E-state index in [1.54, 1.807) is 0 Å². The number of nitrogens with one attached hydrogen (secondary N) is 1. The lowest BCUT2D eigenvalue weighted by Gasteiger charge is -2.30. The van der Waals surface area contributed by atoms with E-state index in [2.05, 4.69) is 39.9 Å². The molecular formula is C17H33NO2. The van der Waals surface area contributed by atoms with Gasteiger partial charge in [-0.25, -0.2) is 0 Å². The third-order valence-corrected chi connectivity index (χ3v) is 4.73. The van der Waals surface area contributed by atoms with Gasteiger partial charge in [0.2, 0.25) is 0 Å². The van der Waals surface area contributed by atoms with Crippen molar-refractivity contribution in [3.8, 4) is 0 Å². The molecule has 1 fully saturated rings. The van der Waals surface area contributed by atoms with Crippen LogP contribution in [-0.4, -0.2) is 25.2 Å². The first kappa shape index (κ1) is 17.5. The Labute approximate surface area is 124 Å². The summed E-state index contributed by atoms with van der Waals surface area (Å²) in [7, 11) is 1.47. The molecule has 3 nitrogen and oxygen atoms in total. The molecule has 0 saturated heterocycles. The van der Waals surface area contributed by atoms with Crippen molar-refractivity contribution in [2.75, 3.05) is 7.11 Å². The fourth-order valence-corrected chi connectivity index (χ4v) is 3.25. The van der Waals surface area contributed by atoms with E-state index >= 15 is 0 Å². The Morgan fingerprint density at radius 2 is 1.80 bits per heavy atom. The molecule has 3 atom stereocenters. The molecule has 3 unspecified atom stereocenters. The van der Waals surface area contributed by atoms with Crippen molar-refractivity contribution in [2.24, 2.45) is 17.3 Å². The van der Waals surface area contributed by atoms with Crippen molar-refractivity contribution in [3.05, 3.63) is 0 Å². The quantitative estimate of drug-likeness (QED) is 0.630. The third kappa shape index (κ3) is 5.08.